The first kappa shape index (κ1) is 14.3. The molecule has 0 aliphatic rings. The predicted molar refractivity (Wildman–Crippen MR) is 58.1 cm³/mol. The van der Waals surface area contributed by atoms with Crippen LogP contribution in [0.1, 0.15) is 27.2 Å². The van der Waals surface area contributed by atoms with E-state index in [1.165, 1.54) is 0 Å². The molecule has 0 aromatic heterocycles. The van der Waals surface area contributed by atoms with Crippen molar-refractivity contribution in [2.24, 2.45) is 5.92 Å². The van der Waals surface area contributed by atoms with E-state index >= 15 is 0 Å². The fourth-order valence-electron chi connectivity index (χ4n) is 1.18. The first-order valence-electron chi connectivity index (χ1n) is 5.15. The summed E-state index contributed by atoms with van der Waals surface area (Å²) in [5.41, 5.74) is 8.26. The number of nitrogens with one attached hydrogen (secondary N) is 1. The van der Waals surface area contributed by atoms with Gasteiger partial charge in [0.05, 0.1) is 6.61 Å². The summed E-state index contributed by atoms with van der Waals surface area (Å²) in [6.45, 7) is 5.75. The molecule has 90 valence electrons. The standard InChI is InChI=1S/C10H17N3O3/c1-4-16-10(15)13-8(5-7(2)3)9(14)6-12-11/h6-8H,4-5H2,1-3H3,(H,13,15)/t8-/m0/s1. The molecular formula is C10H17N3O3. The van der Waals surface area contributed by atoms with Crippen LogP contribution in [0, 0.1) is 5.92 Å². The number of nitrogens with zero attached hydrogens (tertiary/aromatic N) is 2. The van der Waals surface area contributed by atoms with E-state index in [2.05, 4.69) is 14.8 Å². The molecule has 6 heteroatoms. The summed E-state index contributed by atoms with van der Waals surface area (Å²) in [6.07, 6.45) is 0.594. The van der Waals surface area contributed by atoms with E-state index in [9.17, 15) is 9.59 Å². The third kappa shape index (κ3) is 5.93. The first-order valence-corrected chi connectivity index (χ1v) is 5.15. The van der Waals surface area contributed by atoms with Gasteiger partial charge in [-0.2, -0.15) is 4.79 Å². The number of amides is 1. The smallest absolute Gasteiger partial charge is 0.407 e. The zero-order chi connectivity index (χ0) is 12.6. The molecule has 6 nitrogen and oxygen atoms in total. The average molecular weight is 227 g/mol. The third-order valence-electron chi connectivity index (χ3n) is 1.80. The quantitative estimate of drug-likeness (QED) is 0.417. The number of ether oxygens (including phenoxy) is 1. The molecule has 1 amide bonds. The maximum atomic E-state index is 11.4. The fraction of sp³-hybridized carbons (Fsp3) is 0.700. The van der Waals surface area contributed by atoms with Crippen molar-refractivity contribution in [2.45, 2.75) is 33.2 Å². The van der Waals surface area contributed by atoms with Crippen LogP contribution in [0.2, 0.25) is 0 Å². The summed E-state index contributed by atoms with van der Waals surface area (Å²) in [7, 11) is 0. The van der Waals surface area contributed by atoms with Gasteiger partial charge in [0.1, 0.15) is 6.04 Å². The lowest BCUT2D eigenvalue weighted by molar-refractivity contribution is -0.118. The molecule has 1 atom stereocenters. The number of ketones is 1. The number of Topliss-reactive ketones (excluding diaryl/α,β-unsaturated/α-hetero) is 1. The number of hydrogen-bond acceptors (Lipinski definition) is 3. The molecule has 0 saturated carbocycles. The minimum atomic E-state index is -0.713. The van der Waals surface area contributed by atoms with Crippen LogP contribution in [0.25, 0.3) is 5.53 Å². The summed E-state index contributed by atoms with van der Waals surface area (Å²) in [4.78, 5) is 25.2. The van der Waals surface area contributed by atoms with Crippen LogP contribution in [0.15, 0.2) is 0 Å². The zero-order valence-corrected chi connectivity index (χ0v) is 9.77. The van der Waals surface area contributed by atoms with Crippen molar-refractivity contribution in [2.75, 3.05) is 6.61 Å². The summed E-state index contributed by atoms with van der Waals surface area (Å²) in [5.74, 6) is -0.229. The Labute approximate surface area is 94.6 Å². The summed E-state index contributed by atoms with van der Waals surface area (Å²) < 4.78 is 4.67. The van der Waals surface area contributed by atoms with Gasteiger partial charge in [-0.15, -0.1) is 0 Å². The Morgan fingerprint density at radius 1 is 1.50 bits per heavy atom. The Bertz CT molecular complexity index is 296. The lowest BCUT2D eigenvalue weighted by Gasteiger charge is -2.15. The van der Waals surface area contributed by atoms with E-state index in [1.807, 2.05) is 13.8 Å². The zero-order valence-electron chi connectivity index (χ0n) is 9.77. The summed E-state index contributed by atoms with van der Waals surface area (Å²) in [6, 6.07) is -0.713. The Kier molecular flexibility index (Phi) is 6.79. The van der Waals surface area contributed by atoms with Crippen molar-refractivity contribution in [3.63, 3.8) is 0 Å². The van der Waals surface area contributed by atoms with Crippen LogP contribution >= 0.6 is 0 Å². The van der Waals surface area contributed by atoms with E-state index in [1.54, 1.807) is 6.92 Å². The molecule has 0 saturated heterocycles. The maximum absolute atomic E-state index is 11.4. The van der Waals surface area contributed by atoms with Crippen molar-refractivity contribution < 1.29 is 19.1 Å². The van der Waals surface area contributed by atoms with Gasteiger partial charge in [0, 0.05) is 0 Å². The number of hydrogen-bond donors (Lipinski definition) is 1. The van der Waals surface area contributed by atoms with Crippen LogP contribution in [0.3, 0.4) is 0 Å². The molecule has 0 heterocycles. The molecule has 0 aliphatic heterocycles. The van der Waals surface area contributed by atoms with Crippen LogP contribution in [-0.2, 0) is 9.53 Å². The highest BCUT2D eigenvalue weighted by Crippen LogP contribution is 2.05. The van der Waals surface area contributed by atoms with Crippen molar-refractivity contribution in [1.29, 1.82) is 0 Å². The van der Waals surface area contributed by atoms with Gasteiger partial charge < -0.3 is 15.6 Å². The Morgan fingerprint density at radius 2 is 2.12 bits per heavy atom. The van der Waals surface area contributed by atoms with Crippen LogP contribution in [0.5, 0.6) is 0 Å². The monoisotopic (exact) mass is 227 g/mol. The number of rotatable bonds is 6. The second kappa shape index (κ2) is 7.59. The number of carbonyl (C=O) groups excluding carboxylic acids is 2. The van der Waals surface area contributed by atoms with Crippen LogP contribution in [-0.4, -0.2) is 35.5 Å². The third-order valence-corrected chi connectivity index (χ3v) is 1.80. The molecule has 0 unspecified atom stereocenters. The van der Waals surface area contributed by atoms with Crippen LogP contribution < -0.4 is 5.32 Å². The van der Waals surface area contributed by atoms with Gasteiger partial charge in [0.25, 0.3) is 5.78 Å². The van der Waals surface area contributed by atoms with E-state index < -0.39 is 17.9 Å². The van der Waals surface area contributed by atoms with E-state index in [-0.39, 0.29) is 12.5 Å². The summed E-state index contributed by atoms with van der Waals surface area (Å²) >= 11 is 0. The minimum absolute atomic E-state index is 0.225. The van der Waals surface area contributed by atoms with Crippen LogP contribution in [0.4, 0.5) is 4.79 Å². The lowest BCUT2D eigenvalue weighted by Crippen LogP contribution is -2.42. The number of carbonyl (C=O) groups is 2. The Morgan fingerprint density at radius 3 is 2.56 bits per heavy atom. The number of alkyl carbamates (subject to hydrolysis) is 1. The molecule has 0 fully saturated rings. The largest absolute Gasteiger partial charge is 0.450 e. The first-order chi connectivity index (χ1) is 7.51. The van der Waals surface area contributed by atoms with Crippen molar-refractivity contribution >= 4 is 18.1 Å². The lowest BCUT2D eigenvalue weighted by atomic mass is 10.0. The SMILES string of the molecule is CCOC(=O)N[C@@H](CC(C)C)C(=O)C=[N+]=[N-]. The molecule has 0 radical (unpaired) electrons. The maximum Gasteiger partial charge on any atom is 0.407 e. The van der Waals surface area contributed by atoms with Gasteiger partial charge in [0.15, 0.2) is 0 Å². The molecule has 1 N–H and O–H groups in total. The molecule has 0 aromatic carbocycles. The molecule has 0 aromatic rings. The van der Waals surface area contributed by atoms with E-state index in [0.717, 1.165) is 6.21 Å². The topological polar surface area (TPSA) is 91.8 Å². The van der Waals surface area contributed by atoms with E-state index in [0.29, 0.717) is 6.42 Å². The normalized spacial score (nSPS) is 11.5. The Hall–Kier alpha value is -1.68. The van der Waals surface area contributed by atoms with Gasteiger partial charge in [-0.1, -0.05) is 13.8 Å². The molecule has 16 heavy (non-hydrogen) atoms. The highest BCUT2D eigenvalue weighted by molar-refractivity contribution is 6.28. The van der Waals surface area contributed by atoms with Crippen molar-refractivity contribution in [3.05, 3.63) is 5.53 Å². The second-order valence-corrected chi connectivity index (χ2v) is 3.69. The molecule has 0 bridgehead atoms. The molecule has 0 spiro atoms. The van der Waals surface area contributed by atoms with Gasteiger partial charge in [-0.05, 0) is 19.3 Å². The highest BCUT2D eigenvalue weighted by Gasteiger charge is 2.23. The molecule has 0 aliphatic carbocycles. The second-order valence-electron chi connectivity index (χ2n) is 3.69. The molecule has 0 rings (SSSR count). The fourth-order valence-corrected chi connectivity index (χ4v) is 1.18. The predicted octanol–water partition coefficient (Wildman–Crippen LogP) is 1.02. The van der Waals surface area contributed by atoms with Gasteiger partial charge >= 0.3 is 12.3 Å². The Balaban J connectivity index is 4.48. The van der Waals surface area contributed by atoms with Crippen molar-refractivity contribution in [3.8, 4) is 0 Å². The van der Waals surface area contributed by atoms with Gasteiger partial charge in [0.2, 0.25) is 0 Å². The van der Waals surface area contributed by atoms with Crippen molar-refractivity contribution in [1.82, 2.24) is 5.32 Å². The van der Waals surface area contributed by atoms with Gasteiger partial charge in [-0.3, -0.25) is 4.79 Å². The minimum Gasteiger partial charge on any atom is -0.450 e. The van der Waals surface area contributed by atoms with Gasteiger partial charge in [-0.25, -0.2) is 4.79 Å². The highest BCUT2D eigenvalue weighted by atomic mass is 16.5. The summed E-state index contributed by atoms with van der Waals surface area (Å²) in [5, 5.41) is 2.42. The molecular weight excluding hydrogens is 210 g/mol. The van der Waals surface area contributed by atoms with E-state index in [4.69, 9.17) is 5.53 Å². The average Bonchev–Trinajstić information content (AvgIpc) is 2.16.